The second-order valence-electron chi connectivity index (χ2n) is 7.37. The van der Waals surface area contributed by atoms with E-state index in [1.54, 1.807) is 7.11 Å². The van der Waals surface area contributed by atoms with E-state index in [1.807, 2.05) is 6.92 Å². The topological polar surface area (TPSA) is 40.6 Å². The van der Waals surface area contributed by atoms with Crippen LogP contribution in [-0.2, 0) is 22.2 Å². The molecule has 1 aliphatic heterocycles. The van der Waals surface area contributed by atoms with Gasteiger partial charge in [-0.15, -0.1) is 0 Å². The van der Waals surface area contributed by atoms with Gasteiger partial charge in [-0.1, -0.05) is 0 Å². The van der Waals surface area contributed by atoms with Crippen molar-refractivity contribution in [3.63, 3.8) is 0 Å². The molecule has 3 rings (SSSR count). The van der Waals surface area contributed by atoms with Crippen molar-refractivity contribution in [3.8, 4) is 5.88 Å². The number of hydrogen-bond acceptors (Lipinski definition) is 4. The number of fused-ring (bicyclic) bond motifs is 1. The van der Waals surface area contributed by atoms with E-state index in [-0.39, 0.29) is 18.3 Å². The van der Waals surface area contributed by atoms with Crippen LogP contribution in [0.3, 0.4) is 0 Å². The summed E-state index contributed by atoms with van der Waals surface area (Å²) in [6.07, 6.45) is 4.47. The Kier molecular flexibility index (Phi) is 3.77. The number of aryl methyl sites for hydroxylation is 1. The summed E-state index contributed by atoms with van der Waals surface area (Å²) in [5, 5.41) is 0. The van der Waals surface area contributed by atoms with Crippen molar-refractivity contribution in [1.29, 1.82) is 0 Å². The van der Waals surface area contributed by atoms with E-state index >= 15 is 0 Å². The van der Waals surface area contributed by atoms with Crippen LogP contribution in [-0.4, -0.2) is 30.4 Å². The first-order valence-electron chi connectivity index (χ1n) is 8.19. The van der Waals surface area contributed by atoms with E-state index in [9.17, 15) is 0 Å². The SMILES string of the molecule is COc1nc(C)c(B2OC(C)(C)C(C)(C)O2)c2c1CCCC2. The minimum absolute atomic E-state index is 0.328. The Balaban J connectivity index is 2.09. The van der Waals surface area contributed by atoms with Crippen LogP contribution in [0.2, 0.25) is 0 Å². The molecule has 0 unspecified atom stereocenters. The van der Waals surface area contributed by atoms with Gasteiger partial charge < -0.3 is 14.0 Å². The van der Waals surface area contributed by atoms with Crippen LogP contribution in [0.1, 0.15) is 57.4 Å². The van der Waals surface area contributed by atoms with Gasteiger partial charge in [-0.25, -0.2) is 4.98 Å². The van der Waals surface area contributed by atoms with Gasteiger partial charge in [0.05, 0.1) is 18.3 Å². The minimum atomic E-state index is -0.338. The molecule has 1 aliphatic carbocycles. The molecule has 1 aromatic heterocycles. The quantitative estimate of drug-likeness (QED) is 0.787. The lowest BCUT2D eigenvalue weighted by Gasteiger charge is -2.32. The van der Waals surface area contributed by atoms with Gasteiger partial charge >= 0.3 is 7.12 Å². The Labute approximate surface area is 133 Å². The third kappa shape index (κ3) is 2.35. The van der Waals surface area contributed by atoms with Crippen LogP contribution in [0.25, 0.3) is 0 Å². The molecule has 0 aromatic carbocycles. The van der Waals surface area contributed by atoms with E-state index < -0.39 is 0 Å². The first-order chi connectivity index (χ1) is 10.3. The van der Waals surface area contributed by atoms with Crippen molar-refractivity contribution >= 4 is 12.6 Å². The molecule has 5 heteroatoms. The largest absolute Gasteiger partial charge is 0.497 e. The van der Waals surface area contributed by atoms with Gasteiger partial charge in [0.2, 0.25) is 5.88 Å². The number of aromatic nitrogens is 1. The molecule has 2 heterocycles. The van der Waals surface area contributed by atoms with Gasteiger partial charge in [-0.2, -0.15) is 0 Å². The summed E-state index contributed by atoms with van der Waals surface area (Å²) in [5.74, 6) is 0.771. The first-order valence-corrected chi connectivity index (χ1v) is 8.19. The summed E-state index contributed by atoms with van der Waals surface area (Å²) in [7, 11) is 1.36. The summed E-state index contributed by atoms with van der Waals surface area (Å²) in [4.78, 5) is 4.66. The lowest BCUT2D eigenvalue weighted by molar-refractivity contribution is 0.00578. The Hall–Kier alpha value is -1.07. The molecule has 4 nitrogen and oxygen atoms in total. The van der Waals surface area contributed by atoms with Gasteiger partial charge in [0.1, 0.15) is 0 Å². The molecular weight excluding hydrogens is 277 g/mol. The van der Waals surface area contributed by atoms with Crippen molar-refractivity contribution in [3.05, 3.63) is 16.8 Å². The number of hydrogen-bond donors (Lipinski definition) is 0. The zero-order valence-corrected chi connectivity index (χ0v) is 14.6. The van der Waals surface area contributed by atoms with Gasteiger partial charge in [0.15, 0.2) is 0 Å². The Morgan fingerprint density at radius 1 is 1.00 bits per heavy atom. The molecular formula is C17H26BNO3. The van der Waals surface area contributed by atoms with Crippen LogP contribution in [0.15, 0.2) is 0 Å². The summed E-state index contributed by atoms with van der Waals surface area (Å²) in [6, 6.07) is 0. The summed E-state index contributed by atoms with van der Waals surface area (Å²) in [5.41, 5.74) is 3.99. The predicted octanol–water partition coefficient (Wildman–Crippen LogP) is 2.58. The van der Waals surface area contributed by atoms with E-state index in [0.29, 0.717) is 0 Å². The average Bonchev–Trinajstić information content (AvgIpc) is 2.66. The fourth-order valence-electron chi connectivity index (χ4n) is 3.38. The monoisotopic (exact) mass is 303 g/mol. The average molecular weight is 303 g/mol. The number of ether oxygens (including phenoxy) is 1. The summed E-state index contributed by atoms with van der Waals surface area (Å²) >= 11 is 0. The van der Waals surface area contributed by atoms with Gasteiger partial charge in [0, 0.05) is 16.7 Å². The Bertz CT molecular complexity index is 582. The zero-order valence-electron chi connectivity index (χ0n) is 14.6. The highest BCUT2D eigenvalue weighted by molar-refractivity contribution is 6.63. The Morgan fingerprint density at radius 3 is 2.09 bits per heavy atom. The lowest BCUT2D eigenvalue weighted by atomic mass is 9.71. The van der Waals surface area contributed by atoms with Crippen LogP contribution in [0.4, 0.5) is 0 Å². The second kappa shape index (κ2) is 5.24. The highest BCUT2D eigenvalue weighted by Gasteiger charge is 2.53. The van der Waals surface area contributed by atoms with E-state index in [0.717, 1.165) is 29.9 Å². The molecule has 0 saturated carbocycles. The summed E-state index contributed by atoms with van der Waals surface area (Å²) < 4.78 is 18.0. The van der Waals surface area contributed by atoms with Crippen LogP contribution in [0.5, 0.6) is 5.88 Å². The molecule has 0 N–H and O–H groups in total. The van der Waals surface area contributed by atoms with Crippen molar-refractivity contribution in [2.45, 2.75) is 71.5 Å². The minimum Gasteiger partial charge on any atom is -0.481 e. The number of nitrogens with zero attached hydrogens (tertiary/aromatic N) is 1. The fraction of sp³-hybridized carbons (Fsp3) is 0.706. The molecule has 0 bridgehead atoms. The van der Waals surface area contributed by atoms with E-state index in [1.165, 1.54) is 24.0 Å². The van der Waals surface area contributed by atoms with Crippen LogP contribution >= 0.6 is 0 Å². The molecule has 0 amide bonds. The van der Waals surface area contributed by atoms with Gasteiger partial charge in [-0.05, 0) is 65.9 Å². The third-order valence-electron chi connectivity index (χ3n) is 5.39. The highest BCUT2D eigenvalue weighted by Crippen LogP contribution is 2.38. The number of rotatable bonds is 2. The maximum absolute atomic E-state index is 6.27. The smallest absolute Gasteiger partial charge is 0.481 e. The molecule has 0 spiro atoms. The molecule has 0 atom stereocenters. The molecule has 1 saturated heterocycles. The predicted molar refractivity (Wildman–Crippen MR) is 87.9 cm³/mol. The normalized spacial score (nSPS) is 22.5. The molecule has 2 aliphatic rings. The van der Waals surface area contributed by atoms with Crippen LogP contribution < -0.4 is 10.2 Å². The first kappa shape index (κ1) is 15.8. The summed E-state index contributed by atoms with van der Waals surface area (Å²) in [6.45, 7) is 10.4. The molecule has 1 fully saturated rings. The number of methoxy groups -OCH3 is 1. The zero-order chi connectivity index (χ0) is 16.1. The van der Waals surface area contributed by atoms with Crippen LogP contribution in [0, 0.1) is 6.92 Å². The van der Waals surface area contributed by atoms with Crippen molar-refractivity contribution in [2.75, 3.05) is 7.11 Å². The Morgan fingerprint density at radius 2 is 1.55 bits per heavy atom. The number of pyridine rings is 1. The fourth-order valence-corrected chi connectivity index (χ4v) is 3.38. The molecule has 0 radical (unpaired) electrons. The molecule has 120 valence electrons. The van der Waals surface area contributed by atoms with Gasteiger partial charge in [-0.3, -0.25) is 0 Å². The maximum atomic E-state index is 6.27. The third-order valence-corrected chi connectivity index (χ3v) is 5.39. The second-order valence-corrected chi connectivity index (χ2v) is 7.37. The van der Waals surface area contributed by atoms with Crippen molar-refractivity contribution in [1.82, 2.24) is 4.98 Å². The highest BCUT2D eigenvalue weighted by atomic mass is 16.7. The van der Waals surface area contributed by atoms with E-state index in [4.69, 9.17) is 14.0 Å². The molecule has 1 aromatic rings. The van der Waals surface area contributed by atoms with E-state index in [2.05, 4.69) is 32.7 Å². The maximum Gasteiger partial charge on any atom is 0.497 e. The van der Waals surface area contributed by atoms with Gasteiger partial charge in [0.25, 0.3) is 0 Å². The molecule has 22 heavy (non-hydrogen) atoms. The standard InChI is InChI=1S/C17H26BNO3/c1-11-14(18-21-16(2,3)17(4,5)22-18)12-9-7-8-10-13(12)15(19-11)20-6/h7-10H2,1-6H3. The lowest BCUT2D eigenvalue weighted by Crippen LogP contribution is -2.41. The van der Waals surface area contributed by atoms with Crippen molar-refractivity contribution < 1.29 is 14.0 Å². The van der Waals surface area contributed by atoms with Crippen molar-refractivity contribution in [2.24, 2.45) is 0 Å².